The van der Waals surface area contributed by atoms with E-state index in [0.717, 1.165) is 78.8 Å². The van der Waals surface area contributed by atoms with Crippen LogP contribution in [0.25, 0.3) is 28.1 Å². The first kappa shape index (κ1) is 68.1. The number of aromatic amines is 1. The molecule has 3 aromatic rings. The van der Waals surface area contributed by atoms with Crippen molar-refractivity contribution in [1.82, 2.24) is 45.5 Å². The van der Waals surface area contributed by atoms with Gasteiger partial charge in [0.25, 0.3) is 6.47 Å². The molecule has 16 heteroatoms. The number of hydrogen-bond donors (Lipinski definition) is 6. The maximum atomic E-state index is 13.4. The van der Waals surface area contributed by atoms with Crippen molar-refractivity contribution in [1.29, 1.82) is 0 Å². The molecule has 0 saturated heterocycles. The number of hydrogen-bond acceptors (Lipinski definition) is 12. The zero-order valence-corrected chi connectivity index (χ0v) is 44.8. The van der Waals surface area contributed by atoms with E-state index in [0.29, 0.717) is 31.9 Å². The number of H-pyrrole nitrogens is 1. The lowest BCUT2D eigenvalue weighted by molar-refractivity contribution is -0.137. The second-order valence-electron chi connectivity index (χ2n) is 17.8. The van der Waals surface area contributed by atoms with E-state index in [1.807, 2.05) is 59.5 Å². The standard InChI is InChI=1S/C36H52N8O2.C10H22N2O.C3H8O.2C2H2.CH2O2/c1-8-20-43(7)23-19-38-24-33(37-4)30-14-10-28(11-15-30)29-12-16-31(17-13-29)34-25-39-35(41-34)26-44(21-9-2)36(46)32(40-27(3)45)18-22-42(5)6;1-10(2,3)11-9(8-13)6-7-12(4)5;1-3(2)4;2*1-2;2-1-3/h10-17,19,24-25,32,37H,8-9,18,20-23,26H2,1-7H3,(H,39,41)(H,40,45);8-9,11H,6-7H2,1-5H3;3-4H,1-2H3;2*1-2H;1H,(H,2,3)/b33-24-,38-19?;;;;;. The largest absolute Gasteiger partial charge is 0.483 e. The number of amides is 2. The molecule has 0 bridgehead atoms. The minimum absolute atomic E-state index is 0.0118. The Morgan fingerprint density at radius 1 is 0.829 bits per heavy atom. The fraction of sp³-hybridized carbons (Fsp3) is 0.519. The van der Waals surface area contributed by atoms with Crippen molar-refractivity contribution in [3.63, 3.8) is 0 Å². The molecule has 1 heterocycles. The summed E-state index contributed by atoms with van der Waals surface area (Å²) in [6.45, 7) is 19.5. The van der Waals surface area contributed by atoms with Crippen molar-refractivity contribution in [2.45, 2.75) is 111 Å². The Bertz CT molecular complexity index is 1920. The molecule has 16 nitrogen and oxygen atoms in total. The highest BCUT2D eigenvalue weighted by Crippen LogP contribution is 2.26. The topological polar surface area (TPSA) is 199 Å². The molecule has 2 atom stereocenters. The highest BCUT2D eigenvalue weighted by molar-refractivity contribution is 5.87. The van der Waals surface area contributed by atoms with E-state index in [1.165, 1.54) is 6.92 Å². The van der Waals surface area contributed by atoms with Gasteiger partial charge >= 0.3 is 0 Å². The van der Waals surface area contributed by atoms with Gasteiger partial charge in [-0.05, 0) is 137 Å². The Hall–Kier alpha value is -6.14. The zero-order valence-electron chi connectivity index (χ0n) is 44.8. The number of aliphatic imine (C=N–C) groups is 1. The van der Waals surface area contributed by atoms with Crippen molar-refractivity contribution in [2.75, 3.05) is 75.0 Å². The Labute approximate surface area is 421 Å². The number of aromatic nitrogens is 2. The van der Waals surface area contributed by atoms with Crippen LogP contribution in [0, 0.1) is 25.7 Å². The van der Waals surface area contributed by atoms with Gasteiger partial charge in [-0.3, -0.25) is 19.4 Å². The first-order valence-corrected chi connectivity index (χ1v) is 23.5. The molecule has 390 valence electrons. The minimum Gasteiger partial charge on any atom is -0.483 e. The van der Waals surface area contributed by atoms with Crippen molar-refractivity contribution in [3.05, 3.63) is 72.3 Å². The van der Waals surface area contributed by atoms with Crippen LogP contribution < -0.4 is 16.0 Å². The summed E-state index contributed by atoms with van der Waals surface area (Å²) in [6, 6.07) is 16.2. The number of aldehydes is 1. The molecular weight excluding hydrogens is 885 g/mol. The molecule has 0 fully saturated rings. The summed E-state index contributed by atoms with van der Waals surface area (Å²) in [6.07, 6.45) is 25.8. The van der Waals surface area contributed by atoms with Gasteiger partial charge in [0.05, 0.1) is 36.4 Å². The summed E-state index contributed by atoms with van der Waals surface area (Å²) in [5.41, 5.74) is 6.18. The molecular formula is C54H88N10O6. The third-order valence-corrected chi connectivity index (χ3v) is 9.29. The summed E-state index contributed by atoms with van der Waals surface area (Å²) < 4.78 is 0. The number of aliphatic hydroxyl groups excluding tert-OH is 1. The maximum absolute atomic E-state index is 13.4. The van der Waals surface area contributed by atoms with Gasteiger partial charge < -0.3 is 55.5 Å². The number of rotatable bonds is 23. The summed E-state index contributed by atoms with van der Waals surface area (Å²) in [5.74, 6) is 0.406. The molecule has 2 amide bonds. The van der Waals surface area contributed by atoms with Crippen LogP contribution in [0.3, 0.4) is 0 Å². The van der Waals surface area contributed by atoms with Gasteiger partial charge in [0, 0.05) is 44.9 Å². The van der Waals surface area contributed by atoms with Crippen LogP contribution in [0.1, 0.15) is 92.5 Å². The van der Waals surface area contributed by atoms with E-state index in [9.17, 15) is 14.4 Å². The van der Waals surface area contributed by atoms with Crippen LogP contribution >= 0.6 is 0 Å². The van der Waals surface area contributed by atoms with Crippen molar-refractivity contribution >= 4 is 36.5 Å². The van der Waals surface area contributed by atoms with Gasteiger partial charge in [-0.25, -0.2) is 4.98 Å². The Morgan fingerprint density at radius 2 is 1.31 bits per heavy atom. The summed E-state index contributed by atoms with van der Waals surface area (Å²) in [7, 11) is 11.9. The monoisotopic (exact) mass is 973 g/mol. The number of terminal acetylenes is 2. The second kappa shape index (κ2) is 40.7. The van der Waals surface area contributed by atoms with E-state index in [4.69, 9.17) is 15.0 Å². The van der Waals surface area contributed by atoms with E-state index in [1.54, 1.807) is 24.9 Å². The summed E-state index contributed by atoms with van der Waals surface area (Å²) in [5, 5.41) is 24.3. The molecule has 0 spiro atoms. The average molecular weight is 973 g/mol. The van der Waals surface area contributed by atoms with E-state index < -0.39 is 6.04 Å². The first-order chi connectivity index (χ1) is 33.1. The number of aliphatic hydroxyl groups is 1. The lowest BCUT2D eigenvalue weighted by Crippen LogP contribution is -2.49. The van der Waals surface area contributed by atoms with Crippen LogP contribution in [-0.2, 0) is 25.7 Å². The number of imidazole rings is 1. The fourth-order valence-electron chi connectivity index (χ4n) is 6.30. The molecule has 3 rings (SSSR count). The fourth-order valence-corrected chi connectivity index (χ4v) is 6.30. The SMILES string of the molecule is C#C.C#C.CC(C)O.CCCN(C)CC=N/C=C(\NC)c1ccc(-c2ccc(-c3cnc(CN(CCC)C(=O)C(CCN(C)C)NC(C)=O)[nH]3)cc2)cc1.CN(C)CCC(C=O)NC(C)(C)C.O=CO. The van der Waals surface area contributed by atoms with E-state index >= 15 is 0 Å². The summed E-state index contributed by atoms with van der Waals surface area (Å²) >= 11 is 0. The van der Waals surface area contributed by atoms with E-state index in [-0.39, 0.29) is 36.0 Å². The molecule has 6 N–H and O–H groups in total. The number of carbonyl (C=O) groups is 4. The number of nitrogens with one attached hydrogen (secondary N) is 4. The van der Waals surface area contributed by atoms with Crippen molar-refractivity contribution < 1.29 is 29.4 Å². The van der Waals surface area contributed by atoms with Gasteiger partial charge in [0.2, 0.25) is 11.8 Å². The normalized spacial score (nSPS) is 11.7. The Balaban J connectivity index is -0.00000155. The third kappa shape index (κ3) is 33.4. The molecule has 1 aromatic heterocycles. The van der Waals surface area contributed by atoms with Gasteiger partial charge in [0.15, 0.2) is 0 Å². The van der Waals surface area contributed by atoms with Crippen LogP contribution in [-0.4, -0.2) is 169 Å². The molecule has 2 aromatic carbocycles. The van der Waals surface area contributed by atoms with Crippen LogP contribution in [0.2, 0.25) is 0 Å². The highest BCUT2D eigenvalue weighted by Gasteiger charge is 2.26. The molecule has 0 saturated carbocycles. The molecule has 0 aliphatic rings. The minimum atomic E-state index is -0.570. The predicted octanol–water partition coefficient (Wildman–Crippen LogP) is 6.35. The average Bonchev–Trinajstić information content (AvgIpc) is 3.78. The third-order valence-electron chi connectivity index (χ3n) is 9.29. The quantitative estimate of drug-likeness (QED) is 0.0351. The number of carboxylic acid groups (broad SMARTS) is 1. The number of nitrogens with zero attached hydrogens (tertiary/aromatic N) is 6. The van der Waals surface area contributed by atoms with Gasteiger partial charge in [-0.1, -0.05) is 62.4 Å². The van der Waals surface area contributed by atoms with Gasteiger partial charge in [-0.15, -0.1) is 25.7 Å². The van der Waals surface area contributed by atoms with Crippen molar-refractivity contribution in [3.8, 4) is 48.1 Å². The predicted molar refractivity (Wildman–Crippen MR) is 291 cm³/mol. The van der Waals surface area contributed by atoms with Gasteiger partial charge in [-0.2, -0.15) is 0 Å². The van der Waals surface area contributed by atoms with Crippen LogP contribution in [0.15, 0.2) is 65.9 Å². The Morgan fingerprint density at radius 3 is 1.76 bits per heavy atom. The lowest BCUT2D eigenvalue weighted by Gasteiger charge is -2.27. The molecule has 0 aliphatic heterocycles. The number of benzene rings is 2. The molecule has 0 aliphatic carbocycles. The lowest BCUT2D eigenvalue weighted by atomic mass is 10.0. The Kier molecular flexibility index (Phi) is 39.6. The van der Waals surface area contributed by atoms with Gasteiger partial charge in [0.1, 0.15) is 18.2 Å². The van der Waals surface area contributed by atoms with Crippen LogP contribution in [0.5, 0.6) is 0 Å². The molecule has 0 radical (unpaired) electrons. The summed E-state index contributed by atoms with van der Waals surface area (Å²) in [4.78, 5) is 64.9. The first-order valence-electron chi connectivity index (χ1n) is 23.5. The smallest absolute Gasteiger partial charge is 0.290 e. The van der Waals surface area contributed by atoms with E-state index in [2.05, 4.69) is 150 Å². The van der Waals surface area contributed by atoms with Crippen molar-refractivity contribution in [2.24, 2.45) is 4.99 Å². The maximum Gasteiger partial charge on any atom is 0.290 e. The highest BCUT2D eigenvalue weighted by atomic mass is 16.3. The molecule has 70 heavy (non-hydrogen) atoms. The van der Waals surface area contributed by atoms with Crippen LogP contribution in [0.4, 0.5) is 0 Å². The zero-order chi connectivity index (χ0) is 54.2. The molecule has 2 unspecified atom stereocenters. The number of carbonyl (C=O) groups excluding carboxylic acids is 3. The second-order valence-corrected chi connectivity index (χ2v) is 17.8.